The topological polar surface area (TPSA) is 104 Å². The van der Waals surface area contributed by atoms with Crippen LogP contribution in [0.4, 0.5) is 5.69 Å². The van der Waals surface area contributed by atoms with Crippen molar-refractivity contribution in [2.24, 2.45) is 0 Å². The minimum Gasteiger partial charge on any atom is -0.480 e. The Hall–Kier alpha value is -1.93. The van der Waals surface area contributed by atoms with Crippen LogP contribution in [0.3, 0.4) is 0 Å². The monoisotopic (exact) mass is 312 g/mol. The molecule has 114 valence electrons. The number of sulfonamides is 1. The summed E-state index contributed by atoms with van der Waals surface area (Å²) in [6.45, 7) is 2.52. The molecule has 1 aromatic rings. The molecule has 7 nitrogen and oxygen atoms in total. The van der Waals surface area contributed by atoms with Gasteiger partial charge < -0.3 is 10.0 Å². The van der Waals surface area contributed by atoms with Crippen molar-refractivity contribution in [1.29, 1.82) is 0 Å². The number of hydrogen-bond acceptors (Lipinski definition) is 4. The summed E-state index contributed by atoms with van der Waals surface area (Å²) in [7, 11) is -2.36. The summed E-state index contributed by atoms with van der Waals surface area (Å²) in [6.07, 6.45) is 0.136. The molecule has 8 heteroatoms. The summed E-state index contributed by atoms with van der Waals surface area (Å²) in [6, 6.07) is 4.30. The van der Waals surface area contributed by atoms with Gasteiger partial charge in [0.15, 0.2) is 0 Å². The number of fused-ring (bicyclic) bond motifs is 1. The maximum absolute atomic E-state index is 12.2. The van der Waals surface area contributed by atoms with Gasteiger partial charge in [-0.1, -0.05) is 0 Å². The predicted octanol–water partition coefficient (Wildman–Crippen LogP) is 0.347. The molecule has 2 N–H and O–H groups in total. The van der Waals surface area contributed by atoms with Crippen LogP contribution in [0.2, 0.25) is 0 Å². The minimum atomic E-state index is -3.98. The van der Waals surface area contributed by atoms with Gasteiger partial charge in [0.2, 0.25) is 15.9 Å². The Balaban J connectivity index is 2.38. The summed E-state index contributed by atoms with van der Waals surface area (Å²) in [4.78, 5) is 24.0. The number of benzene rings is 1. The molecule has 1 aliphatic rings. The smallest absolute Gasteiger partial charge is 0.324 e. The van der Waals surface area contributed by atoms with E-state index in [-0.39, 0.29) is 17.2 Å². The number of aliphatic carboxylic acids is 1. The van der Waals surface area contributed by atoms with E-state index in [9.17, 15) is 18.0 Å². The quantitative estimate of drug-likeness (QED) is 0.834. The number of carbonyl (C=O) groups excluding carboxylic acids is 1. The molecule has 0 unspecified atom stereocenters. The lowest BCUT2D eigenvalue weighted by Crippen LogP contribution is -2.49. The lowest BCUT2D eigenvalue weighted by molar-refractivity contribution is -0.142. The highest BCUT2D eigenvalue weighted by Gasteiger charge is 2.34. The fourth-order valence-corrected chi connectivity index (χ4v) is 3.47. The number of nitrogens with one attached hydrogen (secondary N) is 1. The molecule has 2 rings (SSSR count). The predicted molar refractivity (Wildman–Crippen MR) is 75.6 cm³/mol. The van der Waals surface area contributed by atoms with Crippen LogP contribution in [0.25, 0.3) is 0 Å². The van der Waals surface area contributed by atoms with Gasteiger partial charge in [0.25, 0.3) is 0 Å². The first-order valence-electron chi connectivity index (χ1n) is 6.21. The molecule has 0 atom stereocenters. The van der Waals surface area contributed by atoms with Crippen LogP contribution in [0.15, 0.2) is 23.1 Å². The molecule has 0 aliphatic carbocycles. The fraction of sp³-hybridized carbons (Fsp3) is 0.385. The zero-order chi connectivity index (χ0) is 16.0. The van der Waals surface area contributed by atoms with Crippen molar-refractivity contribution in [3.8, 4) is 0 Å². The lowest BCUT2D eigenvalue weighted by Gasteiger charge is -2.21. The van der Waals surface area contributed by atoms with E-state index in [1.165, 1.54) is 30.9 Å². The van der Waals surface area contributed by atoms with Crippen LogP contribution in [0, 0.1) is 0 Å². The molecule has 0 spiro atoms. The molecule has 0 fully saturated rings. The van der Waals surface area contributed by atoms with E-state index in [0.29, 0.717) is 11.3 Å². The third kappa shape index (κ3) is 2.77. The van der Waals surface area contributed by atoms with Crippen LogP contribution in [0.5, 0.6) is 0 Å². The highest BCUT2D eigenvalue weighted by atomic mass is 32.2. The molecule has 1 amide bonds. The zero-order valence-corrected chi connectivity index (χ0v) is 12.7. The number of hydrogen-bond donors (Lipinski definition) is 2. The van der Waals surface area contributed by atoms with Crippen molar-refractivity contribution in [2.75, 3.05) is 11.9 Å². The van der Waals surface area contributed by atoms with Gasteiger partial charge in [-0.15, -0.1) is 0 Å². The molecular weight excluding hydrogens is 296 g/mol. The largest absolute Gasteiger partial charge is 0.480 e. The van der Waals surface area contributed by atoms with E-state index >= 15 is 0 Å². The third-order valence-corrected chi connectivity index (χ3v) is 5.02. The maximum atomic E-state index is 12.2. The van der Waals surface area contributed by atoms with E-state index in [4.69, 9.17) is 5.11 Å². The molecule has 0 aromatic heterocycles. The van der Waals surface area contributed by atoms with Crippen LogP contribution in [0.1, 0.15) is 19.4 Å². The number of nitrogens with zero attached hydrogens (tertiary/aromatic N) is 1. The van der Waals surface area contributed by atoms with Gasteiger partial charge in [-0.25, -0.2) is 8.42 Å². The van der Waals surface area contributed by atoms with Crippen molar-refractivity contribution in [3.05, 3.63) is 23.8 Å². The Morgan fingerprint density at radius 1 is 1.38 bits per heavy atom. The standard InChI is InChI=1S/C13H16N2O5S/c1-13(2,12(17)18)14-21(19,20)9-4-5-10-8(6-9)7-11(16)15(10)3/h4-6,14H,7H2,1-3H3,(H,17,18). The second-order valence-corrected chi connectivity index (χ2v) is 7.14. The molecule has 21 heavy (non-hydrogen) atoms. The second-order valence-electron chi connectivity index (χ2n) is 5.46. The van der Waals surface area contributed by atoms with E-state index in [1.807, 2.05) is 0 Å². The van der Waals surface area contributed by atoms with Gasteiger partial charge in [0.1, 0.15) is 5.54 Å². The van der Waals surface area contributed by atoms with Gasteiger partial charge >= 0.3 is 5.97 Å². The molecule has 1 aromatic carbocycles. The highest BCUT2D eigenvalue weighted by molar-refractivity contribution is 7.89. The van der Waals surface area contributed by atoms with Crippen molar-refractivity contribution >= 4 is 27.6 Å². The van der Waals surface area contributed by atoms with Crippen molar-refractivity contribution in [2.45, 2.75) is 30.7 Å². The average Bonchev–Trinajstić information content (AvgIpc) is 2.63. The van der Waals surface area contributed by atoms with E-state index < -0.39 is 21.5 Å². The van der Waals surface area contributed by atoms with Gasteiger partial charge in [0, 0.05) is 12.7 Å². The SMILES string of the molecule is CN1C(=O)Cc2cc(S(=O)(=O)NC(C)(C)C(=O)O)ccc21. The minimum absolute atomic E-state index is 0.0568. The van der Waals surface area contributed by atoms with Crippen LogP contribution in [-0.2, 0) is 26.0 Å². The third-order valence-electron chi connectivity index (χ3n) is 3.36. The first-order valence-corrected chi connectivity index (χ1v) is 7.70. The van der Waals surface area contributed by atoms with Crippen molar-refractivity contribution < 1.29 is 23.1 Å². The van der Waals surface area contributed by atoms with Crippen LogP contribution in [-0.4, -0.2) is 38.0 Å². The molecule has 1 heterocycles. The van der Waals surface area contributed by atoms with Crippen LogP contribution >= 0.6 is 0 Å². The first kappa shape index (κ1) is 15.5. The summed E-state index contributed by atoms with van der Waals surface area (Å²) in [5, 5.41) is 9.00. The Morgan fingerprint density at radius 2 is 2.00 bits per heavy atom. The first-order chi connectivity index (χ1) is 9.54. The number of carboxylic acids is 1. The molecule has 0 saturated heterocycles. The molecule has 1 aliphatic heterocycles. The summed E-state index contributed by atoms with van der Waals surface area (Å²) < 4.78 is 26.6. The van der Waals surface area contributed by atoms with Gasteiger partial charge in [0.05, 0.1) is 11.3 Å². The molecule has 0 saturated carbocycles. The van der Waals surface area contributed by atoms with E-state index in [1.54, 1.807) is 13.1 Å². The van der Waals surface area contributed by atoms with Crippen LogP contribution < -0.4 is 9.62 Å². The second kappa shape index (κ2) is 4.81. The Kier molecular flexibility index (Phi) is 3.54. The van der Waals surface area contributed by atoms with E-state index in [0.717, 1.165) is 0 Å². The van der Waals surface area contributed by atoms with E-state index in [2.05, 4.69) is 4.72 Å². The van der Waals surface area contributed by atoms with Crippen molar-refractivity contribution in [3.63, 3.8) is 0 Å². The molecule has 0 bridgehead atoms. The maximum Gasteiger partial charge on any atom is 0.324 e. The Labute approximate surface area is 122 Å². The van der Waals surface area contributed by atoms with Gasteiger partial charge in [-0.05, 0) is 37.6 Å². The van der Waals surface area contributed by atoms with Gasteiger partial charge in [-0.3, -0.25) is 9.59 Å². The number of anilines is 1. The zero-order valence-electron chi connectivity index (χ0n) is 11.9. The number of carboxylic acid groups (broad SMARTS) is 1. The molecule has 0 radical (unpaired) electrons. The normalized spacial score (nSPS) is 15.2. The number of amides is 1. The van der Waals surface area contributed by atoms with Crippen molar-refractivity contribution in [1.82, 2.24) is 4.72 Å². The average molecular weight is 312 g/mol. The number of likely N-dealkylation sites (N-methyl/N-ethyl adjacent to an activating group) is 1. The lowest BCUT2D eigenvalue weighted by atomic mass is 10.1. The number of carbonyl (C=O) groups is 2. The number of rotatable bonds is 4. The Morgan fingerprint density at radius 3 is 2.57 bits per heavy atom. The fourth-order valence-electron chi connectivity index (χ4n) is 2.05. The highest BCUT2D eigenvalue weighted by Crippen LogP contribution is 2.29. The van der Waals surface area contributed by atoms with Gasteiger partial charge in [-0.2, -0.15) is 4.72 Å². The Bertz CT molecular complexity index is 724. The summed E-state index contributed by atoms with van der Waals surface area (Å²) in [5.74, 6) is -1.39. The summed E-state index contributed by atoms with van der Waals surface area (Å²) >= 11 is 0. The summed E-state index contributed by atoms with van der Waals surface area (Å²) in [5.41, 5.74) is -0.347. The molecular formula is C13H16N2O5S.